The lowest BCUT2D eigenvalue weighted by molar-refractivity contribution is 0.445. The van der Waals surface area contributed by atoms with Gasteiger partial charge in [0.25, 0.3) is 20.2 Å². The lowest BCUT2D eigenvalue weighted by Gasteiger charge is -2.17. The van der Waals surface area contributed by atoms with E-state index < -0.39 is 41.5 Å². The van der Waals surface area contributed by atoms with Gasteiger partial charge in [0.2, 0.25) is 0 Å². The van der Waals surface area contributed by atoms with E-state index >= 15 is 0 Å². The lowest BCUT2D eigenvalue weighted by Crippen LogP contribution is -2.06. The average molecular weight is 430 g/mol. The number of aromatic nitrogens is 4. The fourth-order valence-corrected chi connectivity index (χ4v) is 3.45. The Hall–Kier alpha value is -2.94. The predicted molar refractivity (Wildman–Crippen MR) is 93.1 cm³/mol. The second-order valence-corrected chi connectivity index (χ2v) is 8.68. The maximum atomic E-state index is 11.2. The highest BCUT2D eigenvalue weighted by Crippen LogP contribution is 2.41. The van der Waals surface area contributed by atoms with Crippen molar-refractivity contribution in [3.05, 3.63) is 35.9 Å². The van der Waals surface area contributed by atoms with Crippen molar-refractivity contribution in [3.8, 4) is 22.9 Å². The van der Waals surface area contributed by atoms with Gasteiger partial charge in [-0.25, -0.2) is 9.36 Å². The topological polar surface area (TPSA) is 185 Å². The second-order valence-electron chi connectivity index (χ2n) is 5.84. The summed E-state index contributed by atoms with van der Waals surface area (Å²) in [5, 5.41) is 28.7. The largest absolute Gasteiger partial charge is 0.505 e. The summed E-state index contributed by atoms with van der Waals surface area (Å²) in [4.78, 5) is -1.03. The summed E-state index contributed by atoms with van der Waals surface area (Å²) >= 11 is 0. The first-order chi connectivity index (χ1) is 12.8. The van der Waals surface area contributed by atoms with Crippen LogP contribution < -0.4 is 0 Å². The first-order valence-corrected chi connectivity index (χ1v) is 10.3. The van der Waals surface area contributed by atoms with Crippen molar-refractivity contribution < 1.29 is 36.2 Å². The highest BCUT2D eigenvalue weighted by molar-refractivity contribution is 7.86. The van der Waals surface area contributed by atoms with Crippen LogP contribution in [0.2, 0.25) is 0 Å². The fraction of sp³-hybridized carbons (Fsp3) is 0.143. The summed E-state index contributed by atoms with van der Waals surface area (Å²) in [6.45, 7) is 2.80. The lowest BCUT2D eigenvalue weighted by atomic mass is 10.0. The van der Waals surface area contributed by atoms with Crippen LogP contribution >= 0.6 is 0 Å². The van der Waals surface area contributed by atoms with Crippen molar-refractivity contribution in [2.45, 2.75) is 23.6 Å². The predicted octanol–water partition coefficient (Wildman–Crippen LogP) is 0.579. The molecule has 12 nitrogen and oxygen atoms in total. The van der Waals surface area contributed by atoms with Crippen LogP contribution in [0.1, 0.15) is 11.1 Å². The molecule has 2 aromatic heterocycles. The Bertz CT molecular complexity index is 1170. The van der Waals surface area contributed by atoms with E-state index in [1.807, 2.05) is 0 Å². The van der Waals surface area contributed by atoms with E-state index in [-0.39, 0.29) is 22.5 Å². The summed E-state index contributed by atoms with van der Waals surface area (Å²) in [5.74, 6) is -0.807. The summed E-state index contributed by atoms with van der Waals surface area (Å²) in [7, 11) is -9.04. The van der Waals surface area contributed by atoms with Gasteiger partial charge in [0.1, 0.15) is 32.7 Å². The number of rotatable bonds is 4. The van der Waals surface area contributed by atoms with Gasteiger partial charge in [-0.05, 0) is 13.8 Å². The molecule has 0 spiro atoms. The molecule has 150 valence electrons. The van der Waals surface area contributed by atoms with Crippen LogP contribution in [0.4, 0.5) is 0 Å². The monoisotopic (exact) mass is 430 g/mol. The van der Waals surface area contributed by atoms with Gasteiger partial charge in [-0.15, -0.1) is 0 Å². The molecule has 2 heterocycles. The Kier molecular flexibility index (Phi) is 4.46. The average Bonchev–Trinajstić information content (AvgIpc) is 3.22. The first kappa shape index (κ1) is 19.8. The van der Waals surface area contributed by atoms with E-state index in [9.17, 15) is 27.0 Å². The fourth-order valence-electron chi connectivity index (χ4n) is 2.62. The number of hydrogen-bond donors (Lipinski definition) is 4. The Labute approximate surface area is 158 Å². The number of hydrogen-bond acceptors (Lipinski definition) is 8. The maximum Gasteiger partial charge on any atom is 0.297 e. The molecule has 0 amide bonds. The minimum absolute atomic E-state index is 0.0594. The van der Waals surface area contributed by atoms with Gasteiger partial charge in [-0.1, -0.05) is 0 Å². The molecule has 0 saturated heterocycles. The summed E-state index contributed by atoms with van der Waals surface area (Å²) < 4.78 is 64.9. The third-order valence-corrected chi connectivity index (χ3v) is 5.65. The van der Waals surface area contributed by atoms with E-state index in [1.165, 1.54) is 13.8 Å². The molecule has 3 rings (SSSR count). The van der Waals surface area contributed by atoms with Gasteiger partial charge in [-0.3, -0.25) is 9.11 Å². The SMILES string of the molecule is Cc1c(O)c(-n2cc(S(=O)(=O)O)cn2)c(C)c(O)c1-n1cc(S(=O)(=O)O)cn1. The van der Waals surface area contributed by atoms with Crippen LogP contribution in [0.15, 0.2) is 34.6 Å². The zero-order valence-electron chi connectivity index (χ0n) is 14.3. The van der Waals surface area contributed by atoms with Crippen LogP contribution in [-0.4, -0.2) is 55.7 Å². The molecular formula is C14H14N4O8S2. The molecule has 0 aliphatic heterocycles. The normalized spacial score (nSPS) is 12.4. The highest BCUT2D eigenvalue weighted by Gasteiger charge is 2.25. The summed E-state index contributed by atoms with van der Waals surface area (Å²) in [6.07, 6.45) is 3.61. The van der Waals surface area contributed by atoms with Gasteiger partial charge in [0.05, 0.1) is 24.8 Å². The Morgan fingerprint density at radius 1 is 0.750 bits per heavy atom. The number of phenolic OH excluding ortho intramolecular Hbond substituents is 2. The van der Waals surface area contributed by atoms with Crippen molar-refractivity contribution >= 4 is 20.2 Å². The van der Waals surface area contributed by atoms with Crippen LogP contribution in [0.3, 0.4) is 0 Å². The number of benzene rings is 1. The molecule has 3 aromatic rings. The molecule has 4 N–H and O–H groups in total. The maximum absolute atomic E-state index is 11.2. The zero-order valence-corrected chi connectivity index (χ0v) is 16.0. The van der Waals surface area contributed by atoms with E-state index in [1.54, 1.807) is 0 Å². The molecule has 0 radical (unpaired) electrons. The number of nitrogens with zero attached hydrogens (tertiary/aromatic N) is 4. The second kappa shape index (κ2) is 6.30. The summed E-state index contributed by atoms with van der Waals surface area (Å²) in [6, 6.07) is 0. The molecule has 14 heteroatoms. The van der Waals surface area contributed by atoms with E-state index in [2.05, 4.69) is 10.2 Å². The van der Waals surface area contributed by atoms with Crippen molar-refractivity contribution in [2.75, 3.05) is 0 Å². The standard InChI is InChI=1S/C14H14N4O8S2/c1-7-11(17-5-9(3-15-17)27(21,22)23)14(20)8(2)12(13(7)19)18-6-10(4-16-18)28(24,25)26/h3-6,19-20H,1-2H3,(H,21,22,23)(H,24,25,26). The van der Waals surface area contributed by atoms with Gasteiger partial charge in [-0.2, -0.15) is 27.0 Å². The van der Waals surface area contributed by atoms with Gasteiger partial charge >= 0.3 is 0 Å². The van der Waals surface area contributed by atoms with Gasteiger partial charge < -0.3 is 10.2 Å². The number of phenols is 2. The van der Waals surface area contributed by atoms with Crippen LogP contribution in [0.25, 0.3) is 11.4 Å². The van der Waals surface area contributed by atoms with E-state index in [4.69, 9.17) is 9.11 Å². The van der Waals surface area contributed by atoms with Crippen molar-refractivity contribution in [3.63, 3.8) is 0 Å². The Morgan fingerprint density at radius 2 is 1.07 bits per heavy atom. The Morgan fingerprint density at radius 3 is 1.32 bits per heavy atom. The summed E-state index contributed by atoms with van der Waals surface area (Å²) in [5.41, 5.74) is 0.00519. The molecule has 0 saturated carbocycles. The number of aromatic hydroxyl groups is 2. The molecule has 0 aliphatic rings. The van der Waals surface area contributed by atoms with Crippen molar-refractivity contribution in [2.24, 2.45) is 0 Å². The van der Waals surface area contributed by atoms with Crippen molar-refractivity contribution in [1.29, 1.82) is 0 Å². The van der Waals surface area contributed by atoms with Crippen LogP contribution in [0.5, 0.6) is 11.5 Å². The van der Waals surface area contributed by atoms with E-state index in [0.29, 0.717) is 0 Å². The molecule has 0 fully saturated rings. The molecule has 28 heavy (non-hydrogen) atoms. The molecule has 1 aromatic carbocycles. The molecule has 0 atom stereocenters. The minimum atomic E-state index is -4.52. The molecule has 0 bridgehead atoms. The minimum Gasteiger partial charge on any atom is -0.505 e. The molecular weight excluding hydrogens is 416 g/mol. The van der Waals surface area contributed by atoms with Gasteiger partial charge in [0, 0.05) is 11.1 Å². The first-order valence-electron chi connectivity index (χ1n) is 7.42. The van der Waals surface area contributed by atoms with Crippen molar-refractivity contribution in [1.82, 2.24) is 19.6 Å². The third kappa shape index (κ3) is 3.22. The quantitative estimate of drug-likeness (QED) is 0.337. The van der Waals surface area contributed by atoms with Gasteiger partial charge in [0.15, 0.2) is 0 Å². The van der Waals surface area contributed by atoms with E-state index in [0.717, 1.165) is 34.2 Å². The van der Waals surface area contributed by atoms with Crippen LogP contribution in [0, 0.1) is 13.8 Å². The highest BCUT2D eigenvalue weighted by atomic mass is 32.2. The Balaban J connectivity index is 2.23. The molecule has 0 unspecified atom stereocenters. The van der Waals surface area contributed by atoms with Crippen LogP contribution in [-0.2, 0) is 20.2 Å². The smallest absolute Gasteiger partial charge is 0.297 e. The third-order valence-electron chi connectivity index (χ3n) is 4.04. The molecule has 0 aliphatic carbocycles. The zero-order chi connectivity index (χ0) is 21.0.